The average Bonchev–Trinajstić information content (AvgIpc) is 2.83. The van der Waals surface area contributed by atoms with E-state index >= 15 is 0 Å². The molecular weight excluding hydrogens is 454 g/mol. The van der Waals surface area contributed by atoms with Crippen LogP contribution >= 0.6 is 0 Å². The second kappa shape index (κ2) is 11.5. The van der Waals surface area contributed by atoms with Crippen molar-refractivity contribution in [3.05, 3.63) is 76.1 Å². The molecule has 3 rings (SSSR count). The van der Waals surface area contributed by atoms with E-state index < -0.39 is 16.9 Å². The van der Waals surface area contributed by atoms with Gasteiger partial charge in [0.1, 0.15) is 6.33 Å². The van der Waals surface area contributed by atoms with Gasteiger partial charge in [-0.3, -0.25) is 10.1 Å². The summed E-state index contributed by atoms with van der Waals surface area (Å²) >= 11 is 0. The monoisotopic (exact) mass is 479 g/mol. The van der Waals surface area contributed by atoms with Gasteiger partial charge in [0.05, 0.1) is 29.3 Å². The Morgan fingerprint density at radius 2 is 1.34 bits per heavy atom. The standard InChI is InChI=1S/C24H25N5O6/c1-4-34-23(30)16-5-9-18(10-6-16)27-21-20(29(32)33)22(26-14-25-21)28-19-11-7-17(8-12-19)24(31)35-13-15(2)3/h5-12,14-15H,4,13H2,1-3H3,(H2,25,26,27,28). The molecule has 35 heavy (non-hydrogen) atoms. The number of carbonyl (C=O) groups is 2. The van der Waals surface area contributed by atoms with Crippen LogP contribution in [-0.4, -0.2) is 40.0 Å². The number of nitro groups is 1. The Morgan fingerprint density at radius 3 is 1.74 bits per heavy atom. The van der Waals surface area contributed by atoms with E-state index in [4.69, 9.17) is 9.47 Å². The lowest BCUT2D eigenvalue weighted by Crippen LogP contribution is -2.10. The number of rotatable bonds is 10. The van der Waals surface area contributed by atoms with Gasteiger partial charge >= 0.3 is 17.6 Å². The number of benzene rings is 2. The molecule has 0 atom stereocenters. The summed E-state index contributed by atoms with van der Waals surface area (Å²) in [5, 5.41) is 17.6. The fourth-order valence-corrected chi connectivity index (χ4v) is 2.93. The van der Waals surface area contributed by atoms with Crippen LogP contribution in [0.5, 0.6) is 0 Å². The lowest BCUT2D eigenvalue weighted by Gasteiger charge is -2.11. The normalized spacial score (nSPS) is 10.5. The molecule has 11 nitrogen and oxygen atoms in total. The number of anilines is 4. The predicted molar refractivity (Wildman–Crippen MR) is 129 cm³/mol. The Hall–Kier alpha value is -4.54. The van der Waals surface area contributed by atoms with E-state index in [0.717, 1.165) is 0 Å². The molecule has 0 saturated heterocycles. The second-order valence-electron chi connectivity index (χ2n) is 7.79. The fraction of sp³-hybridized carbons (Fsp3) is 0.250. The minimum Gasteiger partial charge on any atom is -0.462 e. The molecule has 2 aromatic carbocycles. The first-order valence-electron chi connectivity index (χ1n) is 10.9. The molecule has 1 aromatic heterocycles. The molecule has 3 aromatic rings. The Morgan fingerprint density at radius 1 is 0.886 bits per heavy atom. The Balaban J connectivity index is 1.78. The van der Waals surface area contributed by atoms with Gasteiger partial charge in [-0.05, 0) is 61.4 Å². The number of carbonyl (C=O) groups excluding carboxylic acids is 2. The molecule has 182 valence electrons. The van der Waals surface area contributed by atoms with Crippen LogP contribution in [0.1, 0.15) is 41.5 Å². The first-order chi connectivity index (χ1) is 16.8. The highest BCUT2D eigenvalue weighted by molar-refractivity contribution is 5.90. The Kier molecular flexibility index (Phi) is 8.28. The molecule has 2 N–H and O–H groups in total. The first kappa shape index (κ1) is 25.1. The molecule has 1 heterocycles. The van der Waals surface area contributed by atoms with Crippen LogP contribution in [0.15, 0.2) is 54.9 Å². The fourth-order valence-electron chi connectivity index (χ4n) is 2.93. The minimum atomic E-state index is -0.602. The summed E-state index contributed by atoms with van der Waals surface area (Å²) in [6, 6.07) is 12.6. The third-order valence-electron chi connectivity index (χ3n) is 4.59. The molecule has 0 unspecified atom stereocenters. The maximum atomic E-state index is 12.1. The molecule has 0 bridgehead atoms. The molecule has 0 aliphatic rings. The highest BCUT2D eigenvalue weighted by Gasteiger charge is 2.23. The molecule has 11 heteroatoms. The van der Waals surface area contributed by atoms with Gasteiger partial charge in [0.15, 0.2) is 0 Å². The number of hydrogen-bond donors (Lipinski definition) is 2. The molecule has 0 amide bonds. The molecule has 0 spiro atoms. The van der Waals surface area contributed by atoms with Crippen molar-refractivity contribution < 1.29 is 24.0 Å². The maximum absolute atomic E-state index is 12.1. The average molecular weight is 479 g/mol. The highest BCUT2D eigenvalue weighted by atomic mass is 16.6. The minimum absolute atomic E-state index is 0.0363. The van der Waals surface area contributed by atoms with E-state index in [0.29, 0.717) is 29.1 Å². The largest absolute Gasteiger partial charge is 0.462 e. The summed E-state index contributed by atoms with van der Waals surface area (Å²) < 4.78 is 10.1. The summed E-state index contributed by atoms with van der Waals surface area (Å²) in [6.07, 6.45) is 1.18. The van der Waals surface area contributed by atoms with Gasteiger partial charge in [-0.15, -0.1) is 0 Å². The predicted octanol–water partition coefficient (Wildman–Crippen LogP) is 4.86. The van der Waals surface area contributed by atoms with Crippen LogP contribution in [-0.2, 0) is 9.47 Å². The van der Waals surface area contributed by atoms with Crippen molar-refractivity contribution in [2.75, 3.05) is 23.8 Å². The summed E-state index contributed by atoms with van der Waals surface area (Å²) in [5.74, 6) is -0.760. The van der Waals surface area contributed by atoms with Crippen molar-refractivity contribution in [3.8, 4) is 0 Å². The van der Waals surface area contributed by atoms with Gasteiger partial charge in [-0.25, -0.2) is 19.6 Å². The van der Waals surface area contributed by atoms with E-state index in [1.165, 1.54) is 6.33 Å². The van der Waals surface area contributed by atoms with Crippen molar-refractivity contribution in [2.24, 2.45) is 5.92 Å². The molecule has 0 aliphatic heterocycles. The Bertz CT molecular complexity index is 1200. The number of esters is 2. The molecule has 0 aliphatic carbocycles. The van der Waals surface area contributed by atoms with E-state index in [-0.39, 0.29) is 29.8 Å². The zero-order chi connectivity index (χ0) is 25.4. The van der Waals surface area contributed by atoms with E-state index in [9.17, 15) is 19.7 Å². The lowest BCUT2D eigenvalue weighted by atomic mass is 10.2. The van der Waals surface area contributed by atoms with E-state index in [1.807, 2.05) is 13.8 Å². The quantitative estimate of drug-likeness (QED) is 0.235. The highest BCUT2D eigenvalue weighted by Crippen LogP contribution is 2.33. The molecule has 0 radical (unpaired) electrons. The summed E-state index contributed by atoms with van der Waals surface area (Å²) in [4.78, 5) is 43.1. The van der Waals surface area contributed by atoms with Crippen LogP contribution in [0.3, 0.4) is 0 Å². The van der Waals surface area contributed by atoms with Crippen molar-refractivity contribution in [3.63, 3.8) is 0 Å². The number of ether oxygens (including phenoxy) is 2. The van der Waals surface area contributed by atoms with Crippen molar-refractivity contribution in [1.82, 2.24) is 9.97 Å². The topological polar surface area (TPSA) is 146 Å². The van der Waals surface area contributed by atoms with Gasteiger partial charge in [-0.1, -0.05) is 13.8 Å². The van der Waals surface area contributed by atoms with Crippen molar-refractivity contribution >= 4 is 40.6 Å². The van der Waals surface area contributed by atoms with Gasteiger partial charge in [0, 0.05) is 11.4 Å². The van der Waals surface area contributed by atoms with Crippen LogP contribution in [0.2, 0.25) is 0 Å². The second-order valence-corrected chi connectivity index (χ2v) is 7.79. The smallest absolute Gasteiger partial charge is 0.353 e. The number of nitrogens with one attached hydrogen (secondary N) is 2. The lowest BCUT2D eigenvalue weighted by molar-refractivity contribution is -0.383. The molecule has 0 saturated carbocycles. The van der Waals surface area contributed by atoms with Gasteiger partial charge in [-0.2, -0.15) is 0 Å². The molecule has 0 fully saturated rings. The number of nitrogens with zero attached hydrogens (tertiary/aromatic N) is 3. The summed E-state index contributed by atoms with van der Waals surface area (Å²) in [6.45, 7) is 6.16. The summed E-state index contributed by atoms with van der Waals surface area (Å²) in [5.41, 5.74) is 1.31. The van der Waals surface area contributed by atoms with Gasteiger partial charge in [0.25, 0.3) is 0 Å². The maximum Gasteiger partial charge on any atom is 0.353 e. The zero-order valence-electron chi connectivity index (χ0n) is 19.5. The van der Waals surface area contributed by atoms with E-state index in [1.54, 1.807) is 55.5 Å². The van der Waals surface area contributed by atoms with Gasteiger partial charge < -0.3 is 20.1 Å². The van der Waals surface area contributed by atoms with Crippen LogP contribution in [0.25, 0.3) is 0 Å². The summed E-state index contributed by atoms with van der Waals surface area (Å²) in [7, 11) is 0. The third kappa shape index (κ3) is 6.73. The Labute approximate surface area is 201 Å². The van der Waals surface area contributed by atoms with Crippen molar-refractivity contribution in [2.45, 2.75) is 20.8 Å². The van der Waals surface area contributed by atoms with E-state index in [2.05, 4.69) is 20.6 Å². The van der Waals surface area contributed by atoms with Crippen LogP contribution in [0, 0.1) is 16.0 Å². The third-order valence-corrected chi connectivity index (χ3v) is 4.59. The SMILES string of the molecule is CCOC(=O)c1ccc(Nc2ncnc(Nc3ccc(C(=O)OCC(C)C)cc3)c2[N+](=O)[O-])cc1. The van der Waals surface area contributed by atoms with Crippen LogP contribution in [0.4, 0.5) is 28.7 Å². The first-order valence-corrected chi connectivity index (χ1v) is 10.9. The van der Waals surface area contributed by atoms with Gasteiger partial charge in [0.2, 0.25) is 11.6 Å². The number of aromatic nitrogens is 2. The molecular formula is C24H25N5O6. The number of hydrogen-bond acceptors (Lipinski definition) is 10. The zero-order valence-corrected chi connectivity index (χ0v) is 19.5. The van der Waals surface area contributed by atoms with Crippen LogP contribution < -0.4 is 10.6 Å². The van der Waals surface area contributed by atoms with Crippen molar-refractivity contribution in [1.29, 1.82) is 0 Å².